The van der Waals surface area contributed by atoms with Crippen molar-refractivity contribution in [2.75, 3.05) is 6.54 Å². The van der Waals surface area contributed by atoms with Crippen molar-refractivity contribution in [2.45, 2.75) is 103 Å². The van der Waals surface area contributed by atoms with Crippen molar-refractivity contribution in [3.05, 3.63) is 35.4 Å². The fourth-order valence-corrected chi connectivity index (χ4v) is 7.80. The van der Waals surface area contributed by atoms with Crippen LogP contribution in [0.25, 0.3) is 0 Å². The van der Waals surface area contributed by atoms with E-state index in [4.69, 9.17) is 5.73 Å². The highest BCUT2D eigenvalue weighted by atomic mass is 16.2. The van der Waals surface area contributed by atoms with E-state index in [1.165, 1.54) is 17.5 Å². The zero-order chi connectivity index (χ0) is 30.2. The number of likely N-dealkylation sites (tertiary alicyclic amines) is 1. The largest absolute Gasteiger partial charge is 0.363 e. The third kappa shape index (κ3) is 5.90. The molecule has 5 N–H and O–H groups in total. The van der Waals surface area contributed by atoms with Gasteiger partial charge >= 0.3 is 6.03 Å². The Morgan fingerprint density at radius 1 is 1.00 bits per heavy atom. The standard InChI is InChI=1S/C32H45N5O5/c1-4-10-23(27(38)28(33)39)35-29(40)26-24-22(32(24,2)3)17-37(26)30(41)25(20-15-18-11-8-9-12-19(18)16-20)36-31(42)34-21-13-6-5-7-14-21/h8-9,11-12,20-26H,4-7,10,13-17H2,1-3H3,(H2,33,39)(H,35,40)(H2,34,36,42)/t22-,23?,24-,25-,26-/m0/s1. The Balaban J connectivity index is 1.38. The van der Waals surface area contributed by atoms with Crippen molar-refractivity contribution in [3.8, 4) is 0 Å². The molecule has 2 saturated carbocycles. The number of hydrogen-bond acceptors (Lipinski definition) is 5. The van der Waals surface area contributed by atoms with E-state index in [1.807, 2.05) is 19.1 Å². The van der Waals surface area contributed by atoms with Gasteiger partial charge in [0.15, 0.2) is 0 Å². The highest BCUT2D eigenvalue weighted by Crippen LogP contribution is 2.65. The van der Waals surface area contributed by atoms with Crippen LogP contribution < -0.4 is 21.7 Å². The third-order valence-electron chi connectivity index (χ3n) is 10.3. The van der Waals surface area contributed by atoms with Crippen molar-refractivity contribution in [2.24, 2.45) is 28.9 Å². The van der Waals surface area contributed by atoms with Crippen LogP contribution in [-0.4, -0.2) is 65.1 Å². The highest BCUT2D eigenvalue weighted by Gasteiger charge is 2.69. The summed E-state index contributed by atoms with van der Waals surface area (Å²) in [5.74, 6) is -2.75. The molecular formula is C32H45N5O5. The van der Waals surface area contributed by atoms with Gasteiger partial charge in [-0.3, -0.25) is 19.2 Å². The van der Waals surface area contributed by atoms with Crippen LogP contribution in [0, 0.1) is 23.2 Å². The minimum absolute atomic E-state index is 0.0788. The molecule has 5 atom stereocenters. The molecule has 1 aromatic carbocycles. The number of piperidine rings is 1. The normalized spacial score (nSPS) is 26.0. The van der Waals surface area contributed by atoms with E-state index < -0.39 is 35.7 Å². The predicted molar refractivity (Wildman–Crippen MR) is 157 cm³/mol. The first-order valence-corrected chi connectivity index (χ1v) is 15.6. The van der Waals surface area contributed by atoms with Crippen molar-refractivity contribution < 1.29 is 24.0 Å². The van der Waals surface area contributed by atoms with E-state index in [0.29, 0.717) is 25.8 Å². The molecule has 1 saturated heterocycles. The van der Waals surface area contributed by atoms with Crippen molar-refractivity contribution in [1.82, 2.24) is 20.9 Å². The number of fused-ring (bicyclic) bond motifs is 2. The number of nitrogens with one attached hydrogen (secondary N) is 3. The van der Waals surface area contributed by atoms with E-state index in [1.54, 1.807) is 4.90 Å². The lowest BCUT2D eigenvalue weighted by atomic mass is 9.93. The summed E-state index contributed by atoms with van der Waals surface area (Å²) < 4.78 is 0. The maximum Gasteiger partial charge on any atom is 0.315 e. The Bertz CT molecular complexity index is 1220. The summed E-state index contributed by atoms with van der Waals surface area (Å²) in [5.41, 5.74) is 7.45. The quantitative estimate of drug-likeness (QED) is 0.314. The van der Waals surface area contributed by atoms with Crippen LogP contribution in [0.3, 0.4) is 0 Å². The van der Waals surface area contributed by atoms with E-state index in [-0.39, 0.29) is 47.6 Å². The molecule has 1 aromatic rings. The summed E-state index contributed by atoms with van der Waals surface area (Å²) in [4.78, 5) is 67.2. The summed E-state index contributed by atoms with van der Waals surface area (Å²) in [6.07, 6.45) is 7.33. The molecule has 5 rings (SSSR count). The number of carbonyl (C=O) groups is 5. The molecule has 10 nitrogen and oxygen atoms in total. The average Bonchev–Trinajstić information content (AvgIpc) is 3.33. The van der Waals surface area contributed by atoms with Crippen LogP contribution in [0.15, 0.2) is 24.3 Å². The number of nitrogens with zero attached hydrogens (tertiary/aromatic N) is 1. The summed E-state index contributed by atoms with van der Waals surface area (Å²) in [7, 11) is 0. The molecule has 0 spiro atoms. The number of rotatable bonds is 10. The number of primary amides is 1. The van der Waals surface area contributed by atoms with E-state index in [2.05, 4.69) is 41.9 Å². The lowest BCUT2D eigenvalue weighted by molar-refractivity contribution is -0.144. The summed E-state index contributed by atoms with van der Waals surface area (Å²) in [5, 5.41) is 8.87. The van der Waals surface area contributed by atoms with Crippen LogP contribution >= 0.6 is 0 Å². The van der Waals surface area contributed by atoms with E-state index in [0.717, 1.165) is 25.7 Å². The molecule has 10 heteroatoms. The molecule has 1 aliphatic heterocycles. The lowest BCUT2D eigenvalue weighted by Gasteiger charge is -2.35. The number of benzene rings is 1. The van der Waals surface area contributed by atoms with E-state index in [9.17, 15) is 24.0 Å². The lowest BCUT2D eigenvalue weighted by Crippen LogP contribution is -2.60. The molecule has 3 aliphatic carbocycles. The summed E-state index contributed by atoms with van der Waals surface area (Å²) >= 11 is 0. The monoisotopic (exact) mass is 579 g/mol. The molecule has 0 aromatic heterocycles. The predicted octanol–water partition coefficient (Wildman–Crippen LogP) is 2.22. The molecule has 228 valence electrons. The smallest absolute Gasteiger partial charge is 0.315 e. The fourth-order valence-electron chi connectivity index (χ4n) is 7.80. The number of amides is 5. The number of Topliss-reactive ketones (excluding diaryl/α,β-unsaturated/α-hetero) is 1. The summed E-state index contributed by atoms with van der Waals surface area (Å²) in [6.45, 7) is 6.43. The van der Waals surface area contributed by atoms with Gasteiger partial charge in [-0.1, -0.05) is 70.7 Å². The Labute approximate surface area is 247 Å². The molecule has 0 bridgehead atoms. The molecule has 0 radical (unpaired) electrons. The van der Waals surface area contributed by atoms with Crippen molar-refractivity contribution >= 4 is 29.5 Å². The van der Waals surface area contributed by atoms with Crippen molar-refractivity contribution in [1.29, 1.82) is 0 Å². The van der Waals surface area contributed by atoms with E-state index >= 15 is 0 Å². The van der Waals surface area contributed by atoms with Gasteiger partial charge in [-0.25, -0.2) is 4.79 Å². The van der Waals surface area contributed by atoms with Crippen LogP contribution in [-0.2, 0) is 32.0 Å². The number of hydrogen-bond donors (Lipinski definition) is 4. The van der Waals surface area contributed by atoms with Crippen LogP contribution in [0.5, 0.6) is 0 Å². The zero-order valence-corrected chi connectivity index (χ0v) is 25.0. The van der Waals surface area contributed by atoms with Gasteiger partial charge in [0, 0.05) is 12.6 Å². The second kappa shape index (κ2) is 12.1. The Kier molecular flexibility index (Phi) is 8.62. The molecule has 42 heavy (non-hydrogen) atoms. The van der Waals surface area contributed by atoms with Gasteiger partial charge in [-0.15, -0.1) is 0 Å². The molecule has 1 unspecified atom stereocenters. The second-order valence-corrected chi connectivity index (χ2v) is 13.3. The van der Waals surface area contributed by atoms with Gasteiger partial charge in [0.25, 0.3) is 5.91 Å². The van der Waals surface area contributed by atoms with Gasteiger partial charge in [0.1, 0.15) is 12.1 Å². The summed E-state index contributed by atoms with van der Waals surface area (Å²) in [6, 6.07) is 5.19. The Morgan fingerprint density at radius 3 is 2.24 bits per heavy atom. The first-order chi connectivity index (χ1) is 20.0. The topological polar surface area (TPSA) is 151 Å². The first kappa shape index (κ1) is 30.0. The number of nitrogens with two attached hydrogens (primary N) is 1. The first-order valence-electron chi connectivity index (χ1n) is 15.6. The van der Waals surface area contributed by atoms with Crippen LogP contribution in [0.1, 0.15) is 76.8 Å². The minimum atomic E-state index is -1.09. The third-order valence-corrected chi connectivity index (χ3v) is 10.3. The highest BCUT2D eigenvalue weighted by molar-refractivity contribution is 6.37. The number of urea groups is 1. The van der Waals surface area contributed by atoms with Gasteiger partial charge < -0.3 is 26.6 Å². The average molecular weight is 580 g/mol. The Morgan fingerprint density at radius 2 is 1.64 bits per heavy atom. The van der Waals surface area contributed by atoms with Crippen LogP contribution in [0.4, 0.5) is 4.79 Å². The molecule has 1 heterocycles. The molecule has 5 amide bonds. The van der Waals surface area contributed by atoms with Gasteiger partial charge in [-0.2, -0.15) is 0 Å². The number of ketones is 1. The SMILES string of the molecule is CCCC(NC(=O)[C@@H]1[C@@H]2[C@H](CN1C(=O)[C@@H](NC(=O)NC1CCCCC1)C1Cc3ccccc3C1)C2(C)C)C(=O)C(N)=O. The Hall–Kier alpha value is -3.43. The molecule has 4 aliphatic rings. The zero-order valence-electron chi connectivity index (χ0n) is 25.0. The maximum absolute atomic E-state index is 14.4. The molecular weight excluding hydrogens is 534 g/mol. The van der Waals surface area contributed by atoms with Gasteiger partial charge in [0.05, 0.1) is 6.04 Å². The maximum atomic E-state index is 14.4. The van der Waals surface area contributed by atoms with Crippen molar-refractivity contribution in [3.63, 3.8) is 0 Å². The van der Waals surface area contributed by atoms with Crippen LogP contribution in [0.2, 0.25) is 0 Å². The van der Waals surface area contributed by atoms with Gasteiger partial charge in [-0.05, 0) is 66.4 Å². The number of carbonyl (C=O) groups excluding carboxylic acids is 5. The second-order valence-electron chi connectivity index (χ2n) is 13.3. The minimum Gasteiger partial charge on any atom is -0.363 e. The molecule has 3 fully saturated rings. The fraction of sp³-hybridized carbons (Fsp3) is 0.656. The van der Waals surface area contributed by atoms with Gasteiger partial charge in [0.2, 0.25) is 17.6 Å².